The zero-order valence-electron chi connectivity index (χ0n) is 12.3. The summed E-state index contributed by atoms with van der Waals surface area (Å²) in [5.74, 6) is 1.02. The second kappa shape index (κ2) is 5.24. The number of carbonyl (C=O) groups excluding carboxylic acids is 1. The maximum absolute atomic E-state index is 11.6. The molecular weight excluding hydrogens is 294 g/mol. The first-order valence-electron chi connectivity index (χ1n) is 7.13. The zero-order chi connectivity index (χ0) is 15.8. The molecule has 0 fully saturated rings. The first-order valence-corrected chi connectivity index (χ1v) is 7.13. The highest BCUT2D eigenvalue weighted by atomic mass is 16.5. The van der Waals surface area contributed by atoms with Crippen molar-refractivity contribution in [1.82, 2.24) is 14.8 Å². The van der Waals surface area contributed by atoms with Gasteiger partial charge in [0, 0.05) is 11.1 Å². The van der Waals surface area contributed by atoms with Gasteiger partial charge in [-0.15, -0.1) is 5.10 Å². The Bertz CT molecular complexity index is 843. The van der Waals surface area contributed by atoms with E-state index in [0.717, 1.165) is 22.6 Å². The molecule has 0 spiro atoms. The standard InChI is InChI=1S/C17H13N3O3/c1-22-17(21)16-18-10-20(19-16)15-11-6-2-4-8-13(11)23-14-9-5-3-7-12(14)15/h2-10,15H,1H3. The van der Waals surface area contributed by atoms with E-state index < -0.39 is 5.97 Å². The molecule has 1 aromatic heterocycles. The van der Waals surface area contributed by atoms with Gasteiger partial charge in [-0.25, -0.2) is 14.5 Å². The van der Waals surface area contributed by atoms with Crippen molar-refractivity contribution in [2.45, 2.75) is 6.04 Å². The minimum atomic E-state index is -0.558. The molecule has 6 heteroatoms. The number of benzene rings is 2. The summed E-state index contributed by atoms with van der Waals surface area (Å²) >= 11 is 0. The van der Waals surface area contributed by atoms with Crippen LogP contribution in [0.25, 0.3) is 0 Å². The first kappa shape index (κ1) is 13.5. The highest BCUT2D eigenvalue weighted by Gasteiger charge is 2.29. The van der Waals surface area contributed by atoms with Gasteiger partial charge < -0.3 is 9.47 Å². The van der Waals surface area contributed by atoms with E-state index in [1.807, 2.05) is 48.5 Å². The summed E-state index contributed by atoms with van der Waals surface area (Å²) in [4.78, 5) is 15.7. The third-order valence-corrected chi connectivity index (χ3v) is 3.79. The van der Waals surface area contributed by atoms with Crippen molar-refractivity contribution in [1.29, 1.82) is 0 Å². The molecule has 23 heavy (non-hydrogen) atoms. The molecule has 0 aliphatic carbocycles. The molecule has 0 saturated carbocycles. The molecule has 3 aromatic rings. The van der Waals surface area contributed by atoms with Gasteiger partial charge in [0.15, 0.2) is 0 Å². The van der Waals surface area contributed by atoms with E-state index >= 15 is 0 Å². The maximum Gasteiger partial charge on any atom is 0.377 e. The lowest BCUT2D eigenvalue weighted by atomic mass is 9.95. The fourth-order valence-corrected chi connectivity index (χ4v) is 2.75. The number of nitrogens with zero attached hydrogens (tertiary/aromatic N) is 3. The van der Waals surface area contributed by atoms with Crippen molar-refractivity contribution < 1.29 is 14.3 Å². The number of hydrogen-bond acceptors (Lipinski definition) is 5. The summed E-state index contributed by atoms with van der Waals surface area (Å²) in [6, 6.07) is 15.3. The minimum absolute atomic E-state index is 0.0361. The smallest absolute Gasteiger partial charge is 0.377 e. The van der Waals surface area contributed by atoms with Crippen LogP contribution in [0.4, 0.5) is 0 Å². The van der Waals surface area contributed by atoms with Crippen LogP contribution in [-0.4, -0.2) is 27.8 Å². The number of para-hydroxylation sites is 2. The Balaban J connectivity index is 1.87. The Morgan fingerprint density at radius 3 is 2.30 bits per heavy atom. The molecule has 6 nitrogen and oxygen atoms in total. The molecule has 0 N–H and O–H groups in total. The van der Waals surface area contributed by atoms with Crippen LogP contribution in [0.5, 0.6) is 11.5 Å². The largest absolute Gasteiger partial charge is 0.463 e. The molecule has 0 bridgehead atoms. The number of ether oxygens (including phenoxy) is 2. The van der Waals surface area contributed by atoms with E-state index in [4.69, 9.17) is 4.74 Å². The minimum Gasteiger partial charge on any atom is -0.463 e. The quantitative estimate of drug-likeness (QED) is 0.533. The molecule has 0 saturated heterocycles. The Kier molecular flexibility index (Phi) is 3.08. The Morgan fingerprint density at radius 1 is 1.09 bits per heavy atom. The second-order valence-corrected chi connectivity index (χ2v) is 5.12. The number of fused-ring (bicyclic) bond motifs is 2. The number of carbonyl (C=O) groups is 1. The summed E-state index contributed by atoms with van der Waals surface area (Å²) in [5, 5.41) is 4.28. The van der Waals surface area contributed by atoms with Gasteiger partial charge in [-0.3, -0.25) is 0 Å². The zero-order valence-corrected chi connectivity index (χ0v) is 12.3. The van der Waals surface area contributed by atoms with E-state index in [0.29, 0.717) is 0 Å². The lowest BCUT2D eigenvalue weighted by molar-refractivity contribution is 0.0586. The van der Waals surface area contributed by atoms with E-state index in [1.165, 1.54) is 13.4 Å². The van der Waals surface area contributed by atoms with Crippen LogP contribution in [0.15, 0.2) is 54.9 Å². The van der Waals surface area contributed by atoms with Gasteiger partial charge in [0.25, 0.3) is 5.82 Å². The molecule has 0 atom stereocenters. The van der Waals surface area contributed by atoms with Gasteiger partial charge in [0.1, 0.15) is 23.9 Å². The number of aromatic nitrogens is 3. The summed E-state index contributed by atoms with van der Waals surface area (Å²) < 4.78 is 12.3. The highest BCUT2D eigenvalue weighted by Crippen LogP contribution is 2.44. The highest BCUT2D eigenvalue weighted by molar-refractivity contribution is 5.84. The van der Waals surface area contributed by atoms with Crippen LogP contribution in [0.2, 0.25) is 0 Å². The predicted octanol–water partition coefficient (Wildman–Crippen LogP) is 2.81. The molecule has 2 heterocycles. The molecule has 1 aliphatic rings. The van der Waals surface area contributed by atoms with Crippen molar-refractivity contribution in [2.24, 2.45) is 0 Å². The fraction of sp³-hybridized carbons (Fsp3) is 0.118. The van der Waals surface area contributed by atoms with Crippen molar-refractivity contribution in [3.05, 3.63) is 71.8 Å². The summed E-state index contributed by atoms with van der Waals surface area (Å²) in [6.45, 7) is 0. The van der Waals surface area contributed by atoms with Crippen molar-refractivity contribution >= 4 is 5.97 Å². The van der Waals surface area contributed by atoms with E-state index in [1.54, 1.807) is 4.68 Å². The number of esters is 1. The third kappa shape index (κ3) is 2.15. The van der Waals surface area contributed by atoms with Crippen LogP contribution in [0.3, 0.4) is 0 Å². The average molecular weight is 307 g/mol. The van der Waals surface area contributed by atoms with Gasteiger partial charge in [0.2, 0.25) is 0 Å². The number of rotatable bonds is 2. The van der Waals surface area contributed by atoms with Crippen LogP contribution < -0.4 is 4.74 Å². The molecule has 114 valence electrons. The number of methoxy groups -OCH3 is 1. The van der Waals surface area contributed by atoms with Crippen molar-refractivity contribution in [3.63, 3.8) is 0 Å². The van der Waals surface area contributed by atoms with E-state index in [-0.39, 0.29) is 11.9 Å². The Hall–Kier alpha value is -3.15. The van der Waals surface area contributed by atoms with Crippen molar-refractivity contribution in [2.75, 3.05) is 7.11 Å². The SMILES string of the molecule is COC(=O)c1ncn(C2c3ccccc3Oc3ccccc32)n1. The van der Waals surface area contributed by atoms with Gasteiger partial charge in [-0.1, -0.05) is 36.4 Å². The summed E-state index contributed by atoms with van der Waals surface area (Å²) in [5.41, 5.74) is 1.93. The van der Waals surface area contributed by atoms with Crippen LogP contribution in [0.1, 0.15) is 27.8 Å². The Morgan fingerprint density at radius 2 is 1.70 bits per heavy atom. The van der Waals surface area contributed by atoms with E-state index in [2.05, 4.69) is 14.8 Å². The molecule has 0 unspecified atom stereocenters. The molecule has 0 amide bonds. The molecule has 0 radical (unpaired) electrons. The topological polar surface area (TPSA) is 66.2 Å². The predicted molar refractivity (Wildman–Crippen MR) is 81.6 cm³/mol. The normalized spacial score (nSPS) is 12.9. The Labute approximate surface area is 132 Å². The fourth-order valence-electron chi connectivity index (χ4n) is 2.75. The van der Waals surface area contributed by atoms with Crippen molar-refractivity contribution in [3.8, 4) is 11.5 Å². The lowest BCUT2D eigenvalue weighted by Gasteiger charge is -2.27. The summed E-state index contributed by atoms with van der Waals surface area (Å²) in [7, 11) is 1.31. The maximum atomic E-state index is 11.6. The van der Waals surface area contributed by atoms with Gasteiger partial charge in [-0.2, -0.15) is 0 Å². The second-order valence-electron chi connectivity index (χ2n) is 5.12. The van der Waals surface area contributed by atoms with Crippen LogP contribution in [0, 0.1) is 0 Å². The number of hydrogen-bond donors (Lipinski definition) is 0. The van der Waals surface area contributed by atoms with Gasteiger partial charge in [-0.05, 0) is 12.1 Å². The molecule has 2 aromatic carbocycles. The average Bonchev–Trinajstić information content (AvgIpc) is 3.08. The summed E-state index contributed by atoms with van der Waals surface area (Å²) in [6.07, 6.45) is 1.54. The molecular formula is C17H13N3O3. The monoisotopic (exact) mass is 307 g/mol. The van der Waals surface area contributed by atoms with E-state index in [9.17, 15) is 4.79 Å². The first-order chi connectivity index (χ1) is 11.3. The molecule has 1 aliphatic heterocycles. The lowest BCUT2D eigenvalue weighted by Crippen LogP contribution is -2.18. The molecule has 4 rings (SSSR count). The third-order valence-electron chi connectivity index (χ3n) is 3.79. The van der Waals surface area contributed by atoms with Crippen LogP contribution in [-0.2, 0) is 4.74 Å². The van der Waals surface area contributed by atoms with Crippen LogP contribution >= 0.6 is 0 Å². The van der Waals surface area contributed by atoms with Gasteiger partial charge in [0.05, 0.1) is 7.11 Å². The van der Waals surface area contributed by atoms with Gasteiger partial charge >= 0.3 is 5.97 Å².